The molecule has 10 atom stereocenters. The molecule has 0 amide bonds. The predicted molar refractivity (Wildman–Crippen MR) is 128 cm³/mol. The van der Waals surface area contributed by atoms with Gasteiger partial charge in [0.25, 0.3) is 0 Å². The number of fused-ring (bicyclic) bond motifs is 4. The quantitative estimate of drug-likeness (QED) is 0.372. The van der Waals surface area contributed by atoms with E-state index in [1.807, 2.05) is 0 Å². The molecule has 1 saturated heterocycles. The largest absolute Gasteiger partial charge is 0.393 e. The maximum absolute atomic E-state index is 10.4. The van der Waals surface area contributed by atoms with Gasteiger partial charge in [-0.3, -0.25) is 0 Å². The zero-order valence-electron chi connectivity index (χ0n) is 21.1. The Kier molecular flexibility index (Phi) is 5.50. The van der Waals surface area contributed by atoms with Gasteiger partial charge in [0.1, 0.15) is 5.60 Å². The summed E-state index contributed by atoms with van der Waals surface area (Å²) in [6, 6.07) is 0. The number of ether oxygens (including phenoxy) is 1. The summed E-state index contributed by atoms with van der Waals surface area (Å²) in [4.78, 5) is 0. The van der Waals surface area contributed by atoms with Crippen LogP contribution in [0.15, 0.2) is 11.6 Å². The van der Waals surface area contributed by atoms with Gasteiger partial charge in [0, 0.05) is 11.8 Å². The van der Waals surface area contributed by atoms with E-state index in [4.69, 9.17) is 4.74 Å². The maximum Gasteiger partial charge on any atom is 0.103 e. The highest BCUT2D eigenvalue weighted by Gasteiger charge is 2.76. The highest BCUT2D eigenvalue weighted by atomic mass is 16.6. The van der Waals surface area contributed by atoms with Crippen molar-refractivity contribution < 1.29 is 9.84 Å². The van der Waals surface area contributed by atoms with E-state index < -0.39 is 0 Å². The number of hydrogen-bond acceptors (Lipinski definition) is 2. The molecule has 2 heteroatoms. The summed E-state index contributed by atoms with van der Waals surface area (Å²) in [7, 11) is 0. The second kappa shape index (κ2) is 7.59. The van der Waals surface area contributed by atoms with Gasteiger partial charge in [0.15, 0.2) is 0 Å². The molecule has 5 aliphatic rings. The van der Waals surface area contributed by atoms with Crippen LogP contribution in [0.4, 0.5) is 0 Å². The molecule has 1 N–H and O–H groups in total. The first-order valence-electron chi connectivity index (χ1n) is 13.7. The lowest BCUT2D eigenvalue weighted by molar-refractivity contribution is -0.116. The molecule has 0 radical (unpaired) electrons. The van der Waals surface area contributed by atoms with E-state index in [0.717, 1.165) is 42.4 Å². The number of allylic oxidation sites excluding steroid dienone is 2. The molecule has 4 aliphatic carbocycles. The minimum Gasteiger partial charge on any atom is -0.393 e. The van der Waals surface area contributed by atoms with Gasteiger partial charge < -0.3 is 9.84 Å². The Morgan fingerprint density at radius 1 is 1.06 bits per heavy atom. The van der Waals surface area contributed by atoms with E-state index in [2.05, 4.69) is 47.6 Å². The first-order valence-corrected chi connectivity index (χ1v) is 13.7. The van der Waals surface area contributed by atoms with E-state index in [1.54, 1.807) is 5.57 Å². The van der Waals surface area contributed by atoms with Crippen LogP contribution in [0.2, 0.25) is 0 Å². The van der Waals surface area contributed by atoms with Crippen molar-refractivity contribution in [3.63, 3.8) is 0 Å². The number of hydrogen-bond donors (Lipinski definition) is 1. The standard InChI is InChI=1S/C29H48O2/c1-7-20(18(2)3)9-8-19(4)23-10-11-24-22-16-26-29(31-26)17-21(30)12-15-28(29,6)25(22)13-14-27(23,24)5/h7,18-19,21-26,30H,8-17H2,1-6H3/b20-7+/t19-,21+,22?,23?,24?,25?,26?,27-,28-,29?/m1/s1. The lowest BCUT2D eigenvalue weighted by Gasteiger charge is -2.59. The van der Waals surface area contributed by atoms with Crippen molar-refractivity contribution in [3.8, 4) is 0 Å². The predicted octanol–water partition coefficient (Wildman–Crippen LogP) is 7.16. The summed E-state index contributed by atoms with van der Waals surface area (Å²) in [6.45, 7) is 14.7. The van der Waals surface area contributed by atoms with Crippen LogP contribution in [0.25, 0.3) is 0 Å². The zero-order chi connectivity index (χ0) is 22.2. The van der Waals surface area contributed by atoms with Crippen LogP contribution >= 0.6 is 0 Å². The number of aliphatic hydroxyl groups is 1. The Morgan fingerprint density at radius 2 is 1.84 bits per heavy atom. The van der Waals surface area contributed by atoms with Crippen molar-refractivity contribution in [3.05, 3.63) is 11.6 Å². The van der Waals surface area contributed by atoms with Gasteiger partial charge in [-0.2, -0.15) is 0 Å². The molecular formula is C29H48O2. The fourth-order valence-corrected chi connectivity index (χ4v) is 9.99. The summed E-state index contributed by atoms with van der Waals surface area (Å²) >= 11 is 0. The van der Waals surface area contributed by atoms with Gasteiger partial charge in [-0.05, 0) is 106 Å². The second-order valence-electron chi connectivity index (χ2n) is 13.2. The molecule has 2 nitrogen and oxygen atoms in total. The van der Waals surface area contributed by atoms with Crippen LogP contribution in [0, 0.1) is 46.3 Å². The van der Waals surface area contributed by atoms with Crippen molar-refractivity contribution in [2.75, 3.05) is 0 Å². The highest BCUT2D eigenvalue weighted by molar-refractivity contribution is 5.24. The summed E-state index contributed by atoms with van der Waals surface area (Å²) in [5.74, 6) is 5.00. The molecule has 5 rings (SSSR count). The SMILES string of the molecule is C/C=C(\CC[C@@H](C)C1CCC2C3CC4OC45C[C@@H](O)CC[C@]5(C)C3CC[C@@]21C)C(C)C. The molecule has 0 bridgehead atoms. The van der Waals surface area contributed by atoms with E-state index in [9.17, 15) is 5.11 Å². The maximum atomic E-state index is 10.4. The molecule has 31 heavy (non-hydrogen) atoms. The fraction of sp³-hybridized carbons (Fsp3) is 0.931. The summed E-state index contributed by atoms with van der Waals surface area (Å²) in [5.41, 5.74) is 2.53. The lowest BCUT2D eigenvalue weighted by atomic mass is 9.44. The van der Waals surface area contributed by atoms with Crippen molar-refractivity contribution in [1.82, 2.24) is 0 Å². The molecule has 6 unspecified atom stereocenters. The van der Waals surface area contributed by atoms with Gasteiger partial charge in [0.2, 0.25) is 0 Å². The van der Waals surface area contributed by atoms with Crippen LogP contribution in [0.1, 0.15) is 106 Å². The molecule has 0 aromatic carbocycles. The molecular weight excluding hydrogens is 380 g/mol. The number of epoxide rings is 1. The normalized spacial score (nSPS) is 52.2. The van der Waals surface area contributed by atoms with Crippen LogP contribution in [0.5, 0.6) is 0 Å². The van der Waals surface area contributed by atoms with Gasteiger partial charge in [-0.15, -0.1) is 0 Å². The van der Waals surface area contributed by atoms with Gasteiger partial charge in [-0.25, -0.2) is 0 Å². The third-order valence-corrected chi connectivity index (χ3v) is 11.8. The molecule has 4 saturated carbocycles. The van der Waals surface area contributed by atoms with Crippen LogP contribution in [-0.4, -0.2) is 22.9 Å². The minimum atomic E-state index is -0.131. The Morgan fingerprint density at radius 3 is 2.55 bits per heavy atom. The minimum absolute atomic E-state index is 0.0323. The molecule has 1 spiro atoms. The van der Waals surface area contributed by atoms with Crippen molar-refractivity contribution >= 4 is 0 Å². The number of rotatable bonds is 5. The first-order chi connectivity index (χ1) is 14.7. The smallest absolute Gasteiger partial charge is 0.103 e. The molecule has 176 valence electrons. The lowest BCUT2D eigenvalue weighted by Crippen LogP contribution is -2.58. The van der Waals surface area contributed by atoms with Crippen LogP contribution in [0.3, 0.4) is 0 Å². The third kappa shape index (κ3) is 3.17. The van der Waals surface area contributed by atoms with E-state index >= 15 is 0 Å². The van der Waals surface area contributed by atoms with Crippen molar-refractivity contribution in [2.24, 2.45) is 46.3 Å². The Hall–Kier alpha value is -0.340. The van der Waals surface area contributed by atoms with Crippen molar-refractivity contribution in [1.29, 1.82) is 0 Å². The Labute approximate surface area is 191 Å². The zero-order valence-corrected chi connectivity index (χ0v) is 21.1. The fourth-order valence-electron chi connectivity index (χ4n) is 9.99. The summed E-state index contributed by atoms with van der Waals surface area (Å²) in [6.07, 6.45) is 15.4. The molecule has 0 aromatic heterocycles. The average molecular weight is 429 g/mol. The highest BCUT2D eigenvalue weighted by Crippen LogP contribution is 2.74. The van der Waals surface area contributed by atoms with E-state index in [-0.39, 0.29) is 11.7 Å². The van der Waals surface area contributed by atoms with E-state index in [0.29, 0.717) is 22.9 Å². The molecule has 5 fully saturated rings. The second-order valence-corrected chi connectivity index (χ2v) is 13.2. The van der Waals surface area contributed by atoms with E-state index in [1.165, 1.54) is 51.4 Å². The molecule has 1 aliphatic heterocycles. The third-order valence-electron chi connectivity index (χ3n) is 11.8. The van der Waals surface area contributed by atoms with Gasteiger partial charge >= 0.3 is 0 Å². The monoisotopic (exact) mass is 428 g/mol. The Balaban J connectivity index is 1.32. The summed E-state index contributed by atoms with van der Waals surface area (Å²) in [5, 5.41) is 10.4. The Bertz CT molecular complexity index is 726. The van der Waals surface area contributed by atoms with Gasteiger partial charge in [0.05, 0.1) is 12.2 Å². The van der Waals surface area contributed by atoms with Crippen LogP contribution < -0.4 is 0 Å². The number of aliphatic hydroxyl groups excluding tert-OH is 1. The molecule has 0 aromatic rings. The molecule has 1 heterocycles. The average Bonchev–Trinajstić information content (AvgIpc) is 3.29. The topological polar surface area (TPSA) is 32.8 Å². The van der Waals surface area contributed by atoms with Crippen LogP contribution in [-0.2, 0) is 4.74 Å². The summed E-state index contributed by atoms with van der Waals surface area (Å²) < 4.78 is 6.52. The van der Waals surface area contributed by atoms with Gasteiger partial charge in [-0.1, -0.05) is 46.3 Å². The first kappa shape index (κ1) is 22.5. The van der Waals surface area contributed by atoms with Crippen molar-refractivity contribution in [2.45, 2.75) is 124 Å².